The lowest BCUT2D eigenvalue weighted by Crippen LogP contribution is -2.31. The van der Waals surface area contributed by atoms with Crippen LogP contribution < -0.4 is 4.74 Å². The van der Waals surface area contributed by atoms with Crippen LogP contribution >= 0.6 is 0 Å². The second-order valence-electron chi connectivity index (χ2n) is 7.55. The van der Waals surface area contributed by atoms with Crippen LogP contribution in [0.25, 0.3) is 11.1 Å². The number of carbonyl (C=O) groups is 2. The van der Waals surface area contributed by atoms with Crippen molar-refractivity contribution in [1.29, 1.82) is 0 Å². The number of hydrogen-bond acceptors (Lipinski definition) is 4. The molecular formula is C26H24F3NO4. The highest BCUT2D eigenvalue weighted by molar-refractivity contribution is 5.74. The smallest absolute Gasteiger partial charge is 0.416 e. The van der Waals surface area contributed by atoms with E-state index in [1.807, 2.05) is 30.3 Å². The van der Waals surface area contributed by atoms with Crippen LogP contribution in [0.15, 0.2) is 72.8 Å². The van der Waals surface area contributed by atoms with Gasteiger partial charge in [-0.1, -0.05) is 48.5 Å². The van der Waals surface area contributed by atoms with Gasteiger partial charge < -0.3 is 14.4 Å². The maximum Gasteiger partial charge on any atom is 0.416 e. The quantitative estimate of drug-likeness (QED) is 0.293. The van der Waals surface area contributed by atoms with Crippen molar-refractivity contribution in [3.8, 4) is 16.9 Å². The number of hydrogen-bond donors (Lipinski definition) is 0. The molecule has 5 nitrogen and oxygen atoms in total. The van der Waals surface area contributed by atoms with E-state index in [0.29, 0.717) is 11.1 Å². The summed E-state index contributed by atoms with van der Waals surface area (Å²) in [5.41, 5.74) is 1.30. The van der Waals surface area contributed by atoms with Crippen molar-refractivity contribution in [2.24, 2.45) is 0 Å². The van der Waals surface area contributed by atoms with Gasteiger partial charge in [0.2, 0.25) is 0 Å². The molecule has 0 aliphatic rings. The molecule has 3 rings (SSSR count). The lowest BCUT2D eigenvalue weighted by molar-refractivity contribution is -0.137. The average molecular weight is 471 g/mol. The van der Waals surface area contributed by atoms with Gasteiger partial charge in [0.1, 0.15) is 12.4 Å². The molecule has 0 heterocycles. The van der Waals surface area contributed by atoms with Crippen LogP contribution in [0.1, 0.15) is 30.5 Å². The molecule has 0 bridgehead atoms. The Bertz CT molecular complexity index is 1150. The van der Waals surface area contributed by atoms with Gasteiger partial charge in [-0.15, -0.1) is 0 Å². The van der Waals surface area contributed by atoms with Crippen LogP contribution in [0.5, 0.6) is 5.75 Å². The van der Waals surface area contributed by atoms with E-state index >= 15 is 0 Å². The zero-order valence-corrected chi connectivity index (χ0v) is 18.8. The molecule has 0 atom stereocenters. The Balaban J connectivity index is 1.91. The minimum Gasteiger partial charge on any atom is -0.445 e. The van der Waals surface area contributed by atoms with Gasteiger partial charge in [0.15, 0.2) is 0 Å². The molecule has 0 N–H and O–H groups in total. The van der Waals surface area contributed by atoms with Crippen LogP contribution in [0.3, 0.4) is 0 Å². The highest BCUT2D eigenvalue weighted by atomic mass is 19.4. The van der Waals surface area contributed by atoms with Crippen molar-refractivity contribution >= 4 is 12.1 Å². The molecule has 0 fully saturated rings. The third-order valence-corrected chi connectivity index (χ3v) is 5.05. The Morgan fingerprint density at radius 1 is 0.941 bits per heavy atom. The maximum atomic E-state index is 13.4. The summed E-state index contributed by atoms with van der Waals surface area (Å²) in [7, 11) is 0. The largest absolute Gasteiger partial charge is 0.445 e. The summed E-state index contributed by atoms with van der Waals surface area (Å²) in [4.78, 5) is 25.3. The van der Waals surface area contributed by atoms with E-state index in [4.69, 9.17) is 9.47 Å². The van der Waals surface area contributed by atoms with E-state index in [1.165, 1.54) is 17.9 Å². The normalized spacial score (nSPS) is 11.1. The molecule has 34 heavy (non-hydrogen) atoms. The van der Waals surface area contributed by atoms with E-state index in [0.717, 1.165) is 17.7 Å². The molecule has 0 aliphatic heterocycles. The van der Waals surface area contributed by atoms with E-state index in [2.05, 4.69) is 0 Å². The molecule has 3 aromatic rings. The van der Waals surface area contributed by atoms with Gasteiger partial charge >= 0.3 is 18.2 Å². The van der Waals surface area contributed by atoms with Gasteiger partial charge in [-0.05, 0) is 53.4 Å². The number of ether oxygens (including phenoxy) is 2. The predicted molar refractivity (Wildman–Crippen MR) is 121 cm³/mol. The van der Waals surface area contributed by atoms with Gasteiger partial charge in [0, 0.05) is 20.0 Å². The summed E-state index contributed by atoms with van der Waals surface area (Å²) < 4.78 is 50.8. The minimum absolute atomic E-state index is 0.0516. The summed E-state index contributed by atoms with van der Waals surface area (Å²) >= 11 is 0. The van der Waals surface area contributed by atoms with Crippen molar-refractivity contribution in [2.75, 3.05) is 6.54 Å². The molecule has 1 amide bonds. The number of alkyl halides is 3. The van der Waals surface area contributed by atoms with Crippen molar-refractivity contribution in [1.82, 2.24) is 4.90 Å². The van der Waals surface area contributed by atoms with Gasteiger partial charge in [-0.3, -0.25) is 4.79 Å². The Morgan fingerprint density at radius 2 is 1.68 bits per heavy atom. The number of carbonyl (C=O) groups excluding carboxylic acids is 2. The number of esters is 1. The first-order valence-corrected chi connectivity index (χ1v) is 10.6. The number of nitrogens with zero attached hydrogens (tertiary/aromatic N) is 1. The average Bonchev–Trinajstić information content (AvgIpc) is 2.80. The summed E-state index contributed by atoms with van der Waals surface area (Å²) in [5, 5.41) is 0. The zero-order valence-electron chi connectivity index (χ0n) is 18.8. The number of benzene rings is 3. The summed E-state index contributed by atoms with van der Waals surface area (Å²) in [5.74, 6) is -0.242. The Morgan fingerprint density at radius 3 is 2.32 bits per heavy atom. The second-order valence-corrected chi connectivity index (χ2v) is 7.55. The van der Waals surface area contributed by atoms with Crippen LogP contribution in [-0.2, 0) is 28.9 Å². The maximum absolute atomic E-state index is 13.4. The zero-order chi connectivity index (χ0) is 24.7. The third-order valence-electron chi connectivity index (χ3n) is 5.05. The topological polar surface area (TPSA) is 55.8 Å². The Kier molecular flexibility index (Phi) is 7.94. The third kappa shape index (κ3) is 6.60. The highest BCUT2D eigenvalue weighted by Crippen LogP contribution is 2.35. The summed E-state index contributed by atoms with van der Waals surface area (Å²) in [6.45, 7) is 3.17. The lowest BCUT2D eigenvalue weighted by atomic mass is 9.96. The van der Waals surface area contributed by atoms with E-state index in [1.54, 1.807) is 31.2 Å². The molecular weight excluding hydrogens is 447 g/mol. The first-order chi connectivity index (χ1) is 16.2. The fourth-order valence-electron chi connectivity index (χ4n) is 3.40. The number of amides is 1. The number of halogens is 3. The van der Waals surface area contributed by atoms with Gasteiger partial charge in [0.25, 0.3) is 0 Å². The van der Waals surface area contributed by atoms with Crippen LogP contribution in [0.2, 0.25) is 0 Å². The fraction of sp³-hybridized carbons (Fsp3) is 0.231. The monoisotopic (exact) mass is 471 g/mol. The van der Waals surface area contributed by atoms with Gasteiger partial charge in [0.05, 0.1) is 5.56 Å². The minimum atomic E-state index is -4.54. The van der Waals surface area contributed by atoms with Gasteiger partial charge in [-0.25, -0.2) is 4.79 Å². The van der Waals surface area contributed by atoms with Crippen LogP contribution in [-0.4, -0.2) is 23.5 Å². The predicted octanol–water partition coefficient (Wildman–Crippen LogP) is 6.46. The Hall–Kier alpha value is -3.81. The molecule has 0 unspecified atom stereocenters. The highest BCUT2D eigenvalue weighted by Gasteiger charge is 2.31. The van der Waals surface area contributed by atoms with Crippen molar-refractivity contribution in [3.05, 3.63) is 89.5 Å². The number of rotatable bonds is 7. The molecule has 0 radical (unpaired) electrons. The summed E-state index contributed by atoms with van der Waals surface area (Å²) in [6.07, 6.45) is -5.18. The van der Waals surface area contributed by atoms with E-state index in [9.17, 15) is 22.8 Å². The molecule has 0 saturated heterocycles. The molecule has 0 spiro atoms. The van der Waals surface area contributed by atoms with E-state index in [-0.39, 0.29) is 31.0 Å². The molecule has 0 aromatic heterocycles. The van der Waals surface area contributed by atoms with Gasteiger partial charge in [-0.2, -0.15) is 13.2 Å². The first-order valence-electron chi connectivity index (χ1n) is 10.6. The second kappa shape index (κ2) is 10.9. The van der Waals surface area contributed by atoms with Crippen molar-refractivity contribution < 1.29 is 32.2 Å². The SMILES string of the molecule is CCN(Cc1cc(C(F)(F)F)ccc1-c1cccc(OC(C)=O)c1)C(=O)OCc1ccccc1. The molecule has 0 aliphatic carbocycles. The van der Waals surface area contributed by atoms with Crippen molar-refractivity contribution in [3.63, 3.8) is 0 Å². The molecule has 178 valence electrons. The van der Waals surface area contributed by atoms with E-state index < -0.39 is 23.8 Å². The standard InChI is InChI=1S/C26H24F3NO4/c1-3-30(25(32)33-17-19-8-5-4-6-9-19)16-21-14-22(26(27,28)29)12-13-24(21)20-10-7-11-23(15-20)34-18(2)31/h4-15H,3,16-17H2,1-2H3. The molecule has 0 saturated carbocycles. The summed E-state index contributed by atoms with van der Waals surface area (Å²) in [6, 6.07) is 19.0. The van der Waals surface area contributed by atoms with Crippen LogP contribution in [0.4, 0.5) is 18.0 Å². The first kappa shape index (κ1) is 24.8. The molecule has 8 heteroatoms. The fourth-order valence-corrected chi connectivity index (χ4v) is 3.40. The Labute approximate surface area is 195 Å². The van der Waals surface area contributed by atoms with Crippen LogP contribution in [0, 0.1) is 0 Å². The lowest BCUT2D eigenvalue weighted by Gasteiger charge is -2.23. The molecule has 3 aromatic carbocycles. The van der Waals surface area contributed by atoms with Crippen molar-refractivity contribution in [2.45, 2.75) is 33.2 Å².